The van der Waals surface area contributed by atoms with Crippen molar-refractivity contribution in [2.24, 2.45) is 5.73 Å². The van der Waals surface area contributed by atoms with Crippen molar-refractivity contribution in [1.82, 2.24) is 9.78 Å². The predicted molar refractivity (Wildman–Crippen MR) is 58.2 cm³/mol. The number of aryl methyl sites for hydroxylation is 1. The van der Waals surface area contributed by atoms with Crippen molar-refractivity contribution >= 4 is 23.4 Å². The van der Waals surface area contributed by atoms with Gasteiger partial charge in [-0.3, -0.25) is 9.48 Å². The Hall–Kier alpha value is -1.17. The van der Waals surface area contributed by atoms with Gasteiger partial charge >= 0.3 is 0 Å². The van der Waals surface area contributed by atoms with Crippen LogP contribution in [0.4, 0.5) is 5.69 Å². The molecule has 78 valence electrons. The van der Waals surface area contributed by atoms with E-state index in [4.69, 9.17) is 11.5 Å². The molecule has 1 aromatic heterocycles. The number of nitrogens with zero attached hydrogens (tertiary/aromatic N) is 2. The Kier molecular flexibility index (Phi) is 3.82. The summed E-state index contributed by atoms with van der Waals surface area (Å²) >= 11 is 1.77. The van der Waals surface area contributed by atoms with E-state index < -0.39 is 5.91 Å². The maximum Gasteiger partial charge on any atom is 0.271 e. The van der Waals surface area contributed by atoms with E-state index in [2.05, 4.69) is 5.10 Å². The van der Waals surface area contributed by atoms with E-state index in [1.807, 2.05) is 6.26 Å². The fraction of sp³-hybridized carbons (Fsp3) is 0.500. The van der Waals surface area contributed by atoms with E-state index in [-0.39, 0.29) is 5.69 Å². The molecule has 4 N–H and O–H groups in total. The number of primary amides is 1. The summed E-state index contributed by atoms with van der Waals surface area (Å²) in [5.41, 5.74) is 11.2. The van der Waals surface area contributed by atoms with Crippen molar-refractivity contribution in [2.45, 2.75) is 13.0 Å². The monoisotopic (exact) mass is 214 g/mol. The Labute approximate surface area is 86.8 Å². The Morgan fingerprint density at radius 2 is 2.43 bits per heavy atom. The summed E-state index contributed by atoms with van der Waals surface area (Å²) in [6.45, 7) is 0.762. The second kappa shape index (κ2) is 4.90. The van der Waals surface area contributed by atoms with Gasteiger partial charge in [-0.05, 0) is 18.4 Å². The SMILES string of the molecule is CSCCCn1cc(N)c(C(N)=O)n1. The minimum atomic E-state index is -0.578. The summed E-state index contributed by atoms with van der Waals surface area (Å²) in [7, 11) is 0. The van der Waals surface area contributed by atoms with Gasteiger partial charge in [0.2, 0.25) is 0 Å². The number of hydrogen-bond acceptors (Lipinski definition) is 4. The summed E-state index contributed by atoms with van der Waals surface area (Å²) in [6, 6.07) is 0. The minimum Gasteiger partial charge on any atom is -0.396 e. The third kappa shape index (κ3) is 2.66. The van der Waals surface area contributed by atoms with Crippen LogP contribution in [-0.2, 0) is 6.54 Å². The third-order valence-corrected chi connectivity index (χ3v) is 2.46. The number of carbonyl (C=O) groups excluding carboxylic acids is 1. The summed E-state index contributed by atoms with van der Waals surface area (Å²) in [5.74, 6) is 0.484. The third-order valence-electron chi connectivity index (χ3n) is 1.76. The van der Waals surface area contributed by atoms with Crippen molar-refractivity contribution in [2.75, 3.05) is 17.7 Å². The van der Waals surface area contributed by atoms with Crippen LogP contribution < -0.4 is 11.5 Å². The smallest absolute Gasteiger partial charge is 0.271 e. The van der Waals surface area contributed by atoms with Crippen LogP contribution in [0.5, 0.6) is 0 Å². The van der Waals surface area contributed by atoms with Crippen LogP contribution in [0, 0.1) is 0 Å². The molecule has 1 amide bonds. The van der Waals surface area contributed by atoms with Crippen LogP contribution >= 0.6 is 11.8 Å². The molecule has 0 aliphatic rings. The maximum atomic E-state index is 10.8. The zero-order valence-electron chi connectivity index (χ0n) is 8.06. The summed E-state index contributed by atoms with van der Waals surface area (Å²) in [6.07, 6.45) is 4.69. The lowest BCUT2D eigenvalue weighted by molar-refractivity contribution is 0.0995. The van der Waals surface area contributed by atoms with Gasteiger partial charge in [0, 0.05) is 12.7 Å². The van der Waals surface area contributed by atoms with E-state index >= 15 is 0 Å². The van der Waals surface area contributed by atoms with Gasteiger partial charge < -0.3 is 11.5 Å². The topological polar surface area (TPSA) is 86.9 Å². The van der Waals surface area contributed by atoms with Crippen LogP contribution in [0.2, 0.25) is 0 Å². The van der Waals surface area contributed by atoms with Gasteiger partial charge in [-0.15, -0.1) is 0 Å². The number of aromatic nitrogens is 2. The van der Waals surface area contributed by atoms with Crippen LogP contribution in [0.1, 0.15) is 16.9 Å². The van der Waals surface area contributed by atoms with Crippen molar-refractivity contribution in [1.29, 1.82) is 0 Å². The van der Waals surface area contributed by atoms with E-state index in [9.17, 15) is 4.79 Å². The summed E-state index contributed by atoms with van der Waals surface area (Å²) in [4.78, 5) is 10.8. The molecule has 5 nitrogen and oxygen atoms in total. The number of anilines is 1. The molecule has 1 heterocycles. The molecule has 0 radical (unpaired) electrons. The van der Waals surface area contributed by atoms with E-state index in [0.717, 1.165) is 18.7 Å². The van der Waals surface area contributed by atoms with Crippen LogP contribution in [-0.4, -0.2) is 27.7 Å². The Balaban J connectivity index is 2.62. The van der Waals surface area contributed by atoms with Gasteiger partial charge in [-0.2, -0.15) is 16.9 Å². The minimum absolute atomic E-state index is 0.161. The molecule has 0 aliphatic carbocycles. The van der Waals surface area contributed by atoms with E-state index in [0.29, 0.717) is 5.69 Å². The van der Waals surface area contributed by atoms with Crippen LogP contribution in [0.3, 0.4) is 0 Å². The van der Waals surface area contributed by atoms with Gasteiger partial charge in [-0.25, -0.2) is 0 Å². The van der Waals surface area contributed by atoms with Gasteiger partial charge in [-0.1, -0.05) is 0 Å². The molecule has 0 saturated heterocycles. The first-order chi connectivity index (χ1) is 6.65. The average Bonchev–Trinajstić information content (AvgIpc) is 2.47. The largest absolute Gasteiger partial charge is 0.396 e. The molecule has 0 spiro atoms. The van der Waals surface area contributed by atoms with Crippen molar-refractivity contribution in [3.8, 4) is 0 Å². The van der Waals surface area contributed by atoms with Gasteiger partial charge in [0.15, 0.2) is 5.69 Å². The Morgan fingerprint density at radius 3 is 2.93 bits per heavy atom. The molecule has 0 unspecified atom stereocenters. The molecule has 0 aliphatic heterocycles. The molecule has 0 bridgehead atoms. The molecular formula is C8H14N4OS. The maximum absolute atomic E-state index is 10.8. The number of nitrogens with two attached hydrogens (primary N) is 2. The average molecular weight is 214 g/mol. The van der Waals surface area contributed by atoms with Crippen molar-refractivity contribution in [3.63, 3.8) is 0 Å². The van der Waals surface area contributed by atoms with Gasteiger partial charge in [0.1, 0.15) is 0 Å². The molecule has 14 heavy (non-hydrogen) atoms. The van der Waals surface area contributed by atoms with Crippen molar-refractivity contribution < 1.29 is 4.79 Å². The number of hydrogen-bond donors (Lipinski definition) is 2. The molecular weight excluding hydrogens is 200 g/mol. The molecule has 1 aromatic rings. The molecule has 0 aromatic carbocycles. The van der Waals surface area contributed by atoms with E-state index in [1.165, 1.54) is 0 Å². The molecule has 6 heteroatoms. The van der Waals surface area contributed by atoms with Gasteiger partial charge in [0.05, 0.1) is 5.69 Å². The second-order valence-corrected chi connectivity index (χ2v) is 3.89. The van der Waals surface area contributed by atoms with E-state index in [1.54, 1.807) is 22.6 Å². The summed E-state index contributed by atoms with van der Waals surface area (Å²) in [5, 5.41) is 3.99. The lowest BCUT2D eigenvalue weighted by atomic mass is 10.4. The Bertz CT molecular complexity index is 323. The molecule has 1 rings (SSSR count). The number of amides is 1. The van der Waals surface area contributed by atoms with Crippen LogP contribution in [0.25, 0.3) is 0 Å². The second-order valence-electron chi connectivity index (χ2n) is 2.91. The first kappa shape index (κ1) is 10.9. The Morgan fingerprint density at radius 1 is 1.71 bits per heavy atom. The van der Waals surface area contributed by atoms with Gasteiger partial charge in [0.25, 0.3) is 5.91 Å². The molecule has 0 saturated carbocycles. The normalized spacial score (nSPS) is 10.4. The number of thioether (sulfide) groups is 1. The zero-order valence-corrected chi connectivity index (χ0v) is 8.88. The summed E-state index contributed by atoms with van der Waals surface area (Å²) < 4.78 is 1.66. The lowest BCUT2D eigenvalue weighted by Gasteiger charge is -1.98. The quantitative estimate of drug-likeness (QED) is 0.691. The number of carbonyl (C=O) groups is 1. The molecule has 0 fully saturated rings. The highest BCUT2D eigenvalue weighted by molar-refractivity contribution is 7.98. The fourth-order valence-electron chi connectivity index (χ4n) is 1.11. The number of nitrogen functional groups attached to an aromatic ring is 1. The lowest BCUT2D eigenvalue weighted by Crippen LogP contribution is -2.14. The number of rotatable bonds is 5. The highest BCUT2D eigenvalue weighted by Gasteiger charge is 2.10. The van der Waals surface area contributed by atoms with Crippen molar-refractivity contribution in [3.05, 3.63) is 11.9 Å². The zero-order chi connectivity index (χ0) is 10.6. The molecule has 0 atom stereocenters. The predicted octanol–water partition coefficient (Wildman–Crippen LogP) is 0.317. The fourth-order valence-corrected chi connectivity index (χ4v) is 1.53. The van der Waals surface area contributed by atoms with Crippen LogP contribution in [0.15, 0.2) is 6.20 Å². The highest BCUT2D eigenvalue weighted by atomic mass is 32.2. The first-order valence-electron chi connectivity index (χ1n) is 4.27. The first-order valence-corrected chi connectivity index (χ1v) is 5.66. The highest BCUT2D eigenvalue weighted by Crippen LogP contribution is 2.08. The standard InChI is InChI=1S/C8H14N4OS/c1-14-4-2-3-12-5-6(9)7(11-12)8(10)13/h5H,2-4,9H2,1H3,(H2,10,13).